The maximum atomic E-state index is 4.72. The van der Waals surface area contributed by atoms with Crippen LogP contribution in [0.4, 0.5) is 0 Å². The summed E-state index contributed by atoms with van der Waals surface area (Å²) in [6.45, 7) is 18.2. The average Bonchev–Trinajstić information content (AvgIpc) is 4.03. The van der Waals surface area contributed by atoms with Crippen molar-refractivity contribution >= 4 is 31.5 Å². The largest absolute Gasteiger partial charge is 0.340 e. The number of aromatic nitrogens is 4. The van der Waals surface area contributed by atoms with Gasteiger partial charge in [-0.15, -0.1) is 83.1 Å². The first-order valence-corrected chi connectivity index (χ1v) is 21.7. The number of hydrogen-bond acceptors (Lipinski definition) is 3. The topological polar surface area (TPSA) is 35.6 Å². The Balaban J connectivity index is 0.000000179. The van der Waals surface area contributed by atoms with E-state index in [-0.39, 0.29) is 20.1 Å². The molecule has 0 amide bonds. The Morgan fingerprint density at radius 2 is 1.00 bits per heavy atom. The van der Waals surface area contributed by atoms with E-state index in [1.54, 1.807) is 0 Å². The van der Waals surface area contributed by atoms with Gasteiger partial charge >= 0.3 is 0 Å². The van der Waals surface area contributed by atoms with Crippen LogP contribution in [0.15, 0.2) is 146 Å². The predicted octanol–water partition coefficient (Wildman–Crippen LogP) is 15.2. The van der Waals surface area contributed by atoms with Gasteiger partial charge in [-0.1, -0.05) is 104 Å². The first-order chi connectivity index (χ1) is 28.6. The zero-order valence-corrected chi connectivity index (χ0v) is 38.9. The van der Waals surface area contributed by atoms with E-state index in [9.17, 15) is 0 Å². The van der Waals surface area contributed by atoms with Crippen molar-refractivity contribution in [1.29, 1.82) is 0 Å². The van der Waals surface area contributed by atoms with Gasteiger partial charge in [-0.25, -0.2) is 0 Å². The number of fused-ring (bicyclic) bond motifs is 3. The van der Waals surface area contributed by atoms with Gasteiger partial charge in [0.25, 0.3) is 0 Å². The second-order valence-electron chi connectivity index (χ2n) is 16.5. The summed E-state index contributed by atoms with van der Waals surface area (Å²) < 4.78 is 7.26. The van der Waals surface area contributed by atoms with Crippen molar-refractivity contribution in [2.45, 2.75) is 79.1 Å². The molecule has 305 valence electrons. The Morgan fingerprint density at radius 1 is 0.500 bits per heavy atom. The van der Waals surface area contributed by atoms with Crippen molar-refractivity contribution in [1.82, 2.24) is 19.1 Å². The van der Waals surface area contributed by atoms with E-state index in [0.29, 0.717) is 23.7 Å². The number of imidazole rings is 2. The molecule has 3 heterocycles. The molecule has 1 radical (unpaired) electrons. The smallest absolute Gasteiger partial charge is 0.0602 e. The van der Waals surface area contributed by atoms with Gasteiger partial charge in [-0.3, -0.25) is 9.97 Å². The summed E-state index contributed by atoms with van der Waals surface area (Å²) in [5, 5.41) is 2.73. The second kappa shape index (κ2) is 18.5. The maximum Gasteiger partial charge on any atom is 0.0602 e. The Morgan fingerprint density at radius 3 is 1.52 bits per heavy atom. The molecule has 0 saturated heterocycles. The van der Waals surface area contributed by atoms with Gasteiger partial charge in [0.15, 0.2) is 0 Å². The molecule has 9 aromatic rings. The van der Waals surface area contributed by atoms with Crippen LogP contribution in [0.2, 0.25) is 0 Å². The fourth-order valence-electron chi connectivity index (χ4n) is 8.21. The minimum absolute atomic E-state index is 0. The molecule has 9 rings (SSSR count). The molecule has 0 atom stereocenters. The van der Waals surface area contributed by atoms with Gasteiger partial charge in [-0.05, 0) is 81.3 Å². The maximum absolute atomic E-state index is 4.72. The molecular weight excluding hydrogens is 929 g/mol. The third kappa shape index (κ3) is 8.34. The van der Waals surface area contributed by atoms with Crippen LogP contribution in [0.5, 0.6) is 0 Å². The molecule has 0 N–H and O–H groups in total. The summed E-state index contributed by atoms with van der Waals surface area (Å²) >= 11 is 1.91. The number of nitrogens with zero attached hydrogens (tertiary/aromatic N) is 4. The molecule has 6 heteroatoms. The van der Waals surface area contributed by atoms with Crippen LogP contribution in [0.25, 0.3) is 65.4 Å². The monoisotopic (exact) mass is 981 g/mol. The van der Waals surface area contributed by atoms with E-state index >= 15 is 0 Å². The van der Waals surface area contributed by atoms with Crippen LogP contribution < -0.4 is 0 Å². The van der Waals surface area contributed by atoms with E-state index < -0.39 is 0 Å². The molecule has 0 bridgehead atoms. The van der Waals surface area contributed by atoms with Crippen molar-refractivity contribution in [3.63, 3.8) is 0 Å². The fraction of sp³-hybridized carbons (Fsp3) is 0.222. The molecule has 6 aromatic carbocycles. The Bertz CT molecular complexity index is 2800. The fourth-order valence-corrected chi connectivity index (χ4v) is 9.58. The second-order valence-corrected chi connectivity index (χ2v) is 17.5. The van der Waals surface area contributed by atoms with Crippen LogP contribution in [-0.4, -0.2) is 19.1 Å². The first-order valence-electron chi connectivity index (χ1n) is 20.8. The van der Waals surface area contributed by atoms with Gasteiger partial charge in [0.2, 0.25) is 0 Å². The standard InChI is InChI=1S/C27H25N2S.C27H27N2.Ir/c1-17(2)21-16-22-20-12-8-9-13-23(20)30-26(22)24(18(3)4)25(21)29-15-14-28-27(29)19-10-6-5-7-11-19;1-19(2)24-17-23(21-11-7-5-8-12-21)18-25(20(3)4)26(24)29-16-15-28-27(29)22-13-9-6-10-14-22;/h5-10,12-18H,1-4H3;5-13,15-20H,1-4H3;/q2*-1;. The molecule has 0 saturated carbocycles. The SMILES string of the molecule is CC(C)c1cc(-c2ccccc2)cc(C(C)C)c1-n1ccnc1-c1[c-]cccc1.CC(C)c1cc2c(sc3ccccc32)c(C(C)C)c1-n1ccnc1-c1[c-]cccc1.[Ir]. The van der Waals surface area contributed by atoms with Gasteiger partial charge in [0, 0.05) is 76.4 Å². The summed E-state index contributed by atoms with van der Waals surface area (Å²) in [6.07, 6.45) is 7.96. The summed E-state index contributed by atoms with van der Waals surface area (Å²) in [4.78, 5) is 9.40. The van der Waals surface area contributed by atoms with E-state index in [2.05, 4.69) is 179 Å². The van der Waals surface area contributed by atoms with Crippen molar-refractivity contribution in [2.75, 3.05) is 0 Å². The van der Waals surface area contributed by atoms with E-state index in [0.717, 1.165) is 22.8 Å². The van der Waals surface area contributed by atoms with Crippen molar-refractivity contribution in [3.05, 3.63) is 181 Å². The minimum atomic E-state index is 0. The van der Waals surface area contributed by atoms with Crippen LogP contribution in [0.1, 0.15) is 101 Å². The molecule has 60 heavy (non-hydrogen) atoms. The van der Waals surface area contributed by atoms with Crippen LogP contribution in [0, 0.1) is 12.1 Å². The molecule has 4 nitrogen and oxygen atoms in total. The third-order valence-corrected chi connectivity index (χ3v) is 12.3. The van der Waals surface area contributed by atoms with Gasteiger partial charge in [0.05, 0.1) is 11.6 Å². The Labute approximate surface area is 373 Å². The molecule has 0 spiro atoms. The number of benzene rings is 6. The summed E-state index contributed by atoms with van der Waals surface area (Å²) in [5.74, 6) is 3.45. The van der Waals surface area contributed by atoms with Gasteiger partial charge < -0.3 is 9.13 Å². The van der Waals surface area contributed by atoms with E-state index in [1.807, 2.05) is 60.1 Å². The van der Waals surface area contributed by atoms with E-state index in [4.69, 9.17) is 4.98 Å². The van der Waals surface area contributed by atoms with Crippen molar-refractivity contribution < 1.29 is 20.1 Å². The van der Waals surface area contributed by atoms with Crippen LogP contribution >= 0.6 is 11.3 Å². The zero-order chi connectivity index (χ0) is 41.2. The van der Waals surface area contributed by atoms with Crippen molar-refractivity contribution in [2.24, 2.45) is 0 Å². The molecule has 3 aromatic heterocycles. The average molecular weight is 981 g/mol. The summed E-state index contributed by atoms with van der Waals surface area (Å²) in [6, 6.07) is 49.3. The van der Waals surface area contributed by atoms with Crippen LogP contribution in [-0.2, 0) is 20.1 Å². The van der Waals surface area contributed by atoms with Gasteiger partial charge in [0.1, 0.15) is 0 Å². The Hall–Kier alpha value is -5.39. The molecule has 0 unspecified atom stereocenters. The Kier molecular flexibility index (Phi) is 13.2. The summed E-state index contributed by atoms with van der Waals surface area (Å²) in [5.41, 5.74) is 12.5. The molecular formula is C54H52IrN4S-2. The van der Waals surface area contributed by atoms with E-state index in [1.165, 1.54) is 64.9 Å². The third-order valence-electron chi connectivity index (χ3n) is 11.1. The van der Waals surface area contributed by atoms with Crippen LogP contribution in [0.3, 0.4) is 0 Å². The zero-order valence-electron chi connectivity index (χ0n) is 35.7. The minimum Gasteiger partial charge on any atom is -0.340 e. The quantitative estimate of drug-likeness (QED) is 0.135. The molecule has 0 fully saturated rings. The number of rotatable bonds is 9. The van der Waals surface area contributed by atoms with Gasteiger partial charge in [-0.2, -0.15) is 0 Å². The normalized spacial score (nSPS) is 11.5. The first kappa shape index (κ1) is 42.7. The molecule has 0 aliphatic rings. The number of hydrogen-bond donors (Lipinski definition) is 0. The van der Waals surface area contributed by atoms with Crippen molar-refractivity contribution in [3.8, 4) is 45.3 Å². The molecule has 0 aliphatic heterocycles. The predicted molar refractivity (Wildman–Crippen MR) is 250 cm³/mol. The number of thiophene rings is 1. The summed E-state index contributed by atoms with van der Waals surface area (Å²) in [7, 11) is 0. The molecule has 0 aliphatic carbocycles.